The first-order chi connectivity index (χ1) is 8.12. The van der Waals surface area contributed by atoms with Crippen molar-refractivity contribution < 1.29 is 4.74 Å². The monoisotopic (exact) mass is 240 g/mol. The lowest BCUT2D eigenvalue weighted by Gasteiger charge is -2.47. The molecule has 17 heavy (non-hydrogen) atoms. The van der Waals surface area contributed by atoms with Crippen LogP contribution in [-0.4, -0.2) is 49.3 Å². The molecule has 2 fully saturated rings. The summed E-state index contributed by atoms with van der Waals surface area (Å²) in [6, 6.07) is 0.683. The lowest BCUT2D eigenvalue weighted by atomic mass is 9.92. The van der Waals surface area contributed by atoms with E-state index in [1.165, 1.54) is 32.4 Å². The Balaban J connectivity index is 1.90. The van der Waals surface area contributed by atoms with Crippen molar-refractivity contribution >= 4 is 0 Å². The lowest BCUT2D eigenvalue weighted by molar-refractivity contribution is 0.0120. The van der Waals surface area contributed by atoms with Crippen LogP contribution in [0.4, 0.5) is 0 Å². The van der Waals surface area contributed by atoms with Crippen LogP contribution in [0.3, 0.4) is 0 Å². The molecule has 2 aliphatic rings. The fraction of sp³-hybridized carbons (Fsp3) is 1.00. The van der Waals surface area contributed by atoms with Crippen molar-refractivity contribution in [1.82, 2.24) is 10.2 Å². The predicted molar refractivity (Wildman–Crippen MR) is 71.3 cm³/mol. The van der Waals surface area contributed by atoms with Crippen LogP contribution in [0.25, 0.3) is 0 Å². The summed E-state index contributed by atoms with van der Waals surface area (Å²) in [6.45, 7) is 12.5. The molecule has 0 bridgehead atoms. The number of piperazine rings is 1. The van der Waals surface area contributed by atoms with Crippen LogP contribution in [-0.2, 0) is 4.74 Å². The minimum Gasteiger partial charge on any atom is -0.381 e. The van der Waals surface area contributed by atoms with E-state index in [0.717, 1.165) is 25.7 Å². The molecule has 1 atom stereocenters. The van der Waals surface area contributed by atoms with Crippen molar-refractivity contribution in [2.45, 2.75) is 51.6 Å². The van der Waals surface area contributed by atoms with E-state index in [1.54, 1.807) is 0 Å². The zero-order valence-corrected chi connectivity index (χ0v) is 11.7. The topological polar surface area (TPSA) is 24.5 Å². The average Bonchev–Trinajstić information content (AvgIpc) is 2.33. The summed E-state index contributed by atoms with van der Waals surface area (Å²) in [5, 5.41) is 3.66. The Hall–Kier alpha value is -0.120. The Morgan fingerprint density at radius 2 is 2.00 bits per heavy atom. The Morgan fingerprint density at radius 1 is 1.29 bits per heavy atom. The van der Waals surface area contributed by atoms with Crippen LogP contribution < -0.4 is 5.32 Å². The third-order valence-electron chi connectivity index (χ3n) is 4.43. The molecule has 1 N–H and O–H groups in total. The summed E-state index contributed by atoms with van der Waals surface area (Å²) in [6.07, 6.45) is 3.73. The van der Waals surface area contributed by atoms with E-state index in [9.17, 15) is 0 Å². The fourth-order valence-electron chi connectivity index (χ4n) is 2.92. The Morgan fingerprint density at radius 3 is 2.65 bits per heavy atom. The number of nitrogens with one attached hydrogen (secondary N) is 1. The third kappa shape index (κ3) is 3.43. The highest BCUT2D eigenvalue weighted by Gasteiger charge is 2.34. The molecule has 2 heterocycles. The van der Waals surface area contributed by atoms with Crippen molar-refractivity contribution in [1.29, 1.82) is 0 Å². The van der Waals surface area contributed by atoms with E-state index in [-0.39, 0.29) is 0 Å². The first-order valence-electron chi connectivity index (χ1n) is 7.18. The molecule has 2 rings (SSSR count). The Labute approximate surface area is 106 Å². The molecule has 0 saturated carbocycles. The highest BCUT2D eigenvalue weighted by atomic mass is 16.5. The normalized spacial score (nSPS) is 31.6. The SMILES string of the molecule is CCC1CN(CC2CCOCC2)C(C)(C)CN1. The van der Waals surface area contributed by atoms with Crippen LogP contribution in [0, 0.1) is 5.92 Å². The molecule has 0 amide bonds. The van der Waals surface area contributed by atoms with Gasteiger partial charge in [-0.3, -0.25) is 4.90 Å². The summed E-state index contributed by atoms with van der Waals surface area (Å²) in [5.41, 5.74) is 0.309. The van der Waals surface area contributed by atoms with Crippen LogP contribution in [0.1, 0.15) is 40.0 Å². The molecule has 3 heteroatoms. The molecule has 2 aliphatic heterocycles. The smallest absolute Gasteiger partial charge is 0.0469 e. The van der Waals surface area contributed by atoms with Crippen LogP contribution >= 0.6 is 0 Å². The minimum absolute atomic E-state index is 0.309. The number of ether oxygens (including phenoxy) is 1. The molecular formula is C14H28N2O. The molecule has 0 aromatic heterocycles. The van der Waals surface area contributed by atoms with Crippen molar-refractivity contribution in [2.75, 3.05) is 32.8 Å². The first kappa shape index (κ1) is 13.3. The first-order valence-corrected chi connectivity index (χ1v) is 7.18. The fourth-order valence-corrected chi connectivity index (χ4v) is 2.92. The number of hydrogen-bond donors (Lipinski definition) is 1. The van der Waals surface area contributed by atoms with Crippen LogP contribution in [0.5, 0.6) is 0 Å². The van der Waals surface area contributed by atoms with Gasteiger partial charge in [0.25, 0.3) is 0 Å². The van der Waals surface area contributed by atoms with Gasteiger partial charge in [0.1, 0.15) is 0 Å². The van der Waals surface area contributed by atoms with Gasteiger partial charge in [0, 0.05) is 44.4 Å². The summed E-state index contributed by atoms with van der Waals surface area (Å²) >= 11 is 0. The van der Waals surface area contributed by atoms with E-state index in [0.29, 0.717) is 11.6 Å². The van der Waals surface area contributed by atoms with Crippen LogP contribution in [0.15, 0.2) is 0 Å². The molecule has 0 spiro atoms. The van der Waals surface area contributed by atoms with Crippen molar-refractivity contribution in [3.05, 3.63) is 0 Å². The zero-order chi connectivity index (χ0) is 12.3. The van der Waals surface area contributed by atoms with Gasteiger partial charge >= 0.3 is 0 Å². The van der Waals surface area contributed by atoms with E-state index < -0.39 is 0 Å². The minimum atomic E-state index is 0.309. The molecular weight excluding hydrogens is 212 g/mol. The van der Waals surface area contributed by atoms with E-state index in [4.69, 9.17) is 4.74 Å². The average molecular weight is 240 g/mol. The van der Waals surface area contributed by atoms with Gasteiger partial charge in [0.15, 0.2) is 0 Å². The molecule has 1 unspecified atom stereocenters. The molecule has 2 saturated heterocycles. The van der Waals surface area contributed by atoms with E-state index >= 15 is 0 Å². The molecule has 0 radical (unpaired) electrons. The van der Waals surface area contributed by atoms with E-state index in [1.807, 2.05) is 0 Å². The van der Waals surface area contributed by atoms with E-state index in [2.05, 4.69) is 31.0 Å². The van der Waals surface area contributed by atoms with Gasteiger partial charge in [-0.25, -0.2) is 0 Å². The number of rotatable bonds is 3. The largest absolute Gasteiger partial charge is 0.381 e. The van der Waals surface area contributed by atoms with Gasteiger partial charge in [-0.05, 0) is 39.0 Å². The Kier molecular flexibility index (Phi) is 4.45. The van der Waals surface area contributed by atoms with Gasteiger partial charge in [-0.15, -0.1) is 0 Å². The van der Waals surface area contributed by atoms with Crippen LogP contribution in [0.2, 0.25) is 0 Å². The summed E-state index contributed by atoms with van der Waals surface area (Å²) < 4.78 is 5.45. The molecule has 100 valence electrons. The number of hydrogen-bond acceptors (Lipinski definition) is 3. The highest BCUT2D eigenvalue weighted by molar-refractivity contribution is 4.93. The predicted octanol–water partition coefficient (Wildman–Crippen LogP) is 1.88. The maximum atomic E-state index is 5.45. The summed E-state index contributed by atoms with van der Waals surface area (Å²) in [7, 11) is 0. The quantitative estimate of drug-likeness (QED) is 0.815. The van der Waals surface area contributed by atoms with Crippen molar-refractivity contribution in [3.63, 3.8) is 0 Å². The third-order valence-corrected chi connectivity index (χ3v) is 4.43. The number of nitrogens with zero attached hydrogens (tertiary/aromatic N) is 1. The summed E-state index contributed by atoms with van der Waals surface area (Å²) in [5.74, 6) is 0.846. The van der Waals surface area contributed by atoms with Gasteiger partial charge < -0.3 is 10.1 Å². The molecule has 3 nitrogen and oxygen atoms in total. The highest BCUT2D eigenvalue weighted by Crippen LogP contribution is 2.24. The second-order valence-corrected chi connectivity index (χ2v) is 6.26. The molecule has 0 aromatic carbocycles. The van der Waals surface area contributed by atoms with Crippen molar-refractivity contribution in [3.8, 4) is 0 Å². The summed E-state index contributed by atoms with van der Waals surface area (Å²) in [4.78, 5) is 2.70. The van der Waals surface area contributed by atoms with Gasteiger partial charge in [-0.2, -0.15) is 0 Å². The Bertz CT molecular complexity index is 236. The second-order valence-electron chi connectivity index (χ2n) is 6.26. The standard InChI is InChI=1S/C14H28N2O/c1-4-13-10-16(14(2,3)11-15-13)9-12-5-7-17-8-6-12/h12-13,15H,4-11H2,1-3H3. The van der Waals surface area contributed by atoms with Gasteiger partial charge in [-0.1, -0.05) is 6.92 Å². The molecule has 0 aromatic rings. The maximum Gasteiger partial charge on any atom is 0.0469 e. The zero-order valence-electron chi connectivity index (χ0n) is 11.7. The second kappa shape index (κ2) is 5.68. The van der Waals surface area contributed by atoms with Crippen molar-refractivity contribution in [2.24, 2.45) is 5.92 Å². The van der Waals surface area contributed by atoms with Gasteiger partial charge in [0.2, 0.25) is 0 Å². The molecule has 0 aliphatic carbocycles. The lowest BCUT2D eigenvalue weighted by Crippen LogP contribution is -2.62. The maximum absolute atomic E-state index is 5.45. The van der Waals surface area contributed by atoms with Gasteiger partial charge in [0.05, 0.1) is 0 Å².